The fourth-order valence-electron chi connectivity index (χ4n) is 2.29. The molecule has 2 aromatic rings. The molecule has 0 amide bonds. The van der Waals surface area contributed by atoms with E-state index in [1.807, 2.05) is 0 Å². The standard InChI is InChI=1S/C16H12F6O2/c1-23-12-4-3-5-13(24-2)14(12)10-7-6-9(15(17,18)19)8-11(10)16(20,21)22/h3-8H,1-2H3. The first-order chi connectivity index (χ1) is 11.1. The van der Waals surface area contributed by atoms with Gasteiger partial charge in [0.2, 0.25) is 0 Å². The van der Waals surface area contributed by atoms with E-state index in [-0.39, 0.29) is 23.1 Å². The van der Waals surface area contributed by atoms with Crippen molar-refractivity contribution < 1.29 is 35.8 Å². The Balaban J connectivity index is 2.81. The molecule has 0 heterocycles. The fourth-order valence-corrected chi connectivity index (χ4v) is 2.29. The number of alkyl halides is 6. The number of benzene rings is 2. The van der Waals surface area contributed by atoms with Gasteiger partial charge < -0.3 is 9.47 Å². The maximum atomic E-state index is 13.3. The van der Waals surface area contributed by atoms with Crippen molar-refractivity contribution in [1.29, 1.82) is 0 Å². The first-order valence-corrected chi connectivity index (χ1v) is 6.59. The normalized spacial score (nSPS) is 12.2. The van der Waals surface area contributed by atoms with Gasteiger partial charge in [-0.1, -0.05) is 12.1 Å². The van der Waals surface area contributed by atoms with E-state index in [9.17, 15) is 26.3 Å². The number of hydrogen-bond donors (Lipinski definition) is 0. The molecule has 2 nitrogen and oxygen atoms in total. The summed E-state index contributed by atoms with van der Waals surface area (Å²) < 4.78 is 88.3. The van der Waals surface area contributed by atoms with Gasteiger partial charge in [-0.15, -0.1) is 0 Å². The summed E-state index contributed by atoms with van der Waals surface area (Å²) in [6.45, 7) is 0. The van der Waals surface area contributed by atoms with Crippen molar-refractivity contribution in [3.8, 4) is 22.6 Å². The van der Waals surface area contributed by atoms with Crippen LogP contribution >= 0.6 is 0 Å². The maximum absolute atomic E-state index is 13.3. The average molecular weight is 350 g/mol. The van der Waals surface area contributed by atoms with E-state index in [1.54, 1.807) is 0 Å². The zero-order chi connectivity index (χ0) is 18.1. The minimum atomic E-state index is -4.98. The second-order valence-corrected chi connectivity index (χ2v) is 4.79. The highest BCUT2D eigenvalue weighted by atomic mass is 19.4. The largest absolute Gasteiger partial charge is 0.496 e. The van der Waals surface area contributed by atoms with Crippen LogP contribution in [0, 0.1) is 0 Å². The molecule has 2 rings (SSSR count). The van der Waals surface area contributed by atoms with Crippen molar-refractivity contribution in [1.82, 2.24) is 0 Å². The molecule has 0 saturated heterocycles. The number of halogens is 6. The van der Waals surface area contributed by atoms with Gasteiger partial charge in [0.1, 0.15) is 11.5 Å². The van der Waals surface area contributed by atoms with Crippen molar-refractivity contribution in [2.24, 2.45) is 0 Å². The number of methoxy groups -OCH3 is 2. The van der Waals surface area contributed by atoms with Gasteiger partial charge in [-0.2, -0.15) is 26.3 Å². The molecule has 0 aliphatic heterocycles. The van der Waals surface area contributed by atoms with Gasteiger partial charge in [-0.05, 0) is 24.3 Å². The molecule has 0 saturated carbocycles. The zero-order valence-electron chi connectivity index (χ0n) is 12.5. The summed E-state index contributed by atoms with van der Waals surface area (Å²) >= 11 is 0. The van der Waals surface area contributed by atoms with Gasteiger partial charge in [-0.3, -0.25) is 0 Å². The number of hydrogen-bond acceptors (Lipinski definition) is 2. The summed E-state index contributed by atoms with van der Waals surface area (Å²) in [6, 6.07) is 5.74. The SMILES string of the molecule is COc1cccc(OC)c1-c1ccc(C(F)(F)F)cc1C(F)(F)F. The first-order valence-electron chi connectivity index (χ1n) is 6.59. The molecule has 0 radical (unpaired) electrons. The molecule has 8 heteroatoms. The van der Waals surface area contributed by atoms with Gasteiger partial charge in [0.05, 0.1) is 30.9 Å². The van der Waals surface area contributed by atoms with E-state index in [0.717, 1.165) is 6.07 Å². The highest BCUT2D eigenvalue weighted by Crippen LogP contribution is 2.46. The van der Waals surface area contributed by atoms with Crippen LogP contribution in [0.5, 0.6) is 11.5 Å². The van der Waals surface area contributed by atoms with Crippen LogP contribution in [0.25, 0.3) is 11.1 Å². The molecule has 0 aliphatic rings. The Morgan fingerprint density at radius 2 is 1.29 bits per heavy atom. The lowest BCUT2D eigenvalue weighted by molar-refractivity contribution is -0.142. The monoisotopic (exact) mass is 350 g/mol. The van der Waals surface area contributed by atoms with E-state index >= 15 is 0 Å². The molecule has 0 spiro atoms. The third kappa shape index (κ3) is 3.42. The summed E-state index contributed by atoms with van der Waals surface area (Å²) in [6.07, 6.45) is -9.87. The molecule has 0 bridgehead atoms. The fraction of sp³-hybridized carbons (Fsp3) is 0.250. The van der Waals surface area contributed by atoms with Crippen molar-refractivity contribution in [2.75, 3.05) is 14.2 Å². The second-order valence-electron chi connectivity index (χ2n) is 4.79. The molecular formula is C16H12F6O2. The van der Waals surface area contributed by atoms with Crippen molar-refractivity contribution in [3.05, 3.63) is 47.5 Å². The minimum Gasteiger partial charge on any atom is -0.496 e. The van der Waals surface area contributed by atoms with Crippen molar-refractivity contribution >= 4 is 0 Å². The summed E-state index contributed by atoms with van der Waals surface area (Å²) in [4.78, 5) is 0. The van der Waals surface area contributed by atoms with Crippen molar-refractivity contribution in [2.45, 2.75) is 12.4 Å². The summed E-state index contributed by atoms with van der Waals surface area (Å²) in [7, 11) is 2.49. The van der Waals surface area contributed by atoms with Crippen LogP contribution in [0.2, 0.25) is 0 Å². The van der Waals surface area contributed by atoms with Crippen LogP contribution in [0.15, 0.2) is 36.4 Å². The Hall–Kier alpha value is -2.38. The Bertz CT molecular complexity index is 712. The van der Waals surface area contributed by atoms with E-state index in [2.05, 4.69) is 0 Å². The van der Waals surface area contributed by atoms with Crippen LogP contribution < -0.4 is 9.47 Å². The molecule has 0 atom stereocenters. The lowest BCUT2D eigenvalue weighted by Gasteiger charge is -2.19. The van der Waals surface area contributed by atoms with Gasteiger partial charge in [0, 0.05) is 5.56 Å². The highest BCUT2D eigenvalue weighted by Gasteiger charge is 2.39. The predicted molar refractivity (Wildman–Crippen MR) is 75.0 cm³/mol. The highest BCUT2D eigenvalue weighted by molar-refractivity contribution is 5.80. The summed E-state index contributed by atoms with van der Waals surface area (Å²) in [5.74, 6) is 0.110. The van der Waals surface area contributed by atoms with E-state index in [1.165, 1.54) is 32.4 Å². The van der Waals surface area contributed by atoms with Gasteiger partial charge >= 0.3 is 12.4 Å². The quantitative estimate of drug-likeness (QED) is 0.689. The second kappa shape index (κ2) is 6.26. The van der Waals surface area contributed by atoms with Crippen LogP contribution in [-0.2, 0) is 12.4 Å². The zero-order valence-corrected chi connectivity index (χ0v) is 12.5. The number of ether oxygens (including phenoxy) is 2. The smallest absolute Gasteiger partial charge is 0.417 e. The topological polar surface area (TPSA) is 18.5 Å². The molecule has 0 aromatic heterocycles. The Labute approximate surface area is 133 Å². The molecule has 2 aromatic carbocycles. The van der Waals surface area contributed by atoms with Gasteiger partial charge in [-0.25, -0.2) is 0 Å². The summed E-state index contributed by atoms with van der Waals surface area (Å²) in [5.41, 5.74) is -3.32. The predicted octanol–water partition coefficient (Wildman–Crippen LogP) is 5.41. The van der Waals surface area contributed by atoms with Crippen molar-refractivity contribution in [3.63, 3.8) is 0 Å². The van der Waals surface area contributed by atoms with E-state index < -0.39 is 29.0 Å². The lowest BCUT2D eigenvalue weighted by atomic mass is 9.95. The molecule has 0 fully saturated rings. The third-order valence-electron chi connectivity index (χ3n) is 3.35. The lowest BCUT2D eigenvalue weighted by Crippen LogP contribution is -2.12. The van der Waals surface area contributed by atoms with Crippen LogP contribution in [0.1, 0.15) is 11.1 Å². The summed E-state index contributed by atoms with van der Waals surface area (Å²) in [5, 5.41) is 0. The minimum absolute atomic E-state index is 0.0552. The molecule has 24 heavy (non-hydrogen) atoms. The van der Waals surface area contributed by atoms with E-state index in [4.69, 9.17) is 9.47 Å². The van der Waals surface area contributed by atoms with Crippen LogP contribution in [-0.4, -0.2) is 14.2 Å². The average Bonchev–Trinajstić information content (AvgIpc) is 2.51. The molecule has 0 unspecified atom stereocenters. The first kappa shape index (κ1) is 18.0. The van der Waals surface area contributed by atoms with Crippen LogP contribution in [0.4, 0.5) is 26.3 Å². The maximum Gasteiger partial charge on any atom is 0.417 e. The van der Waals surface area contributed by atoms with Gasteiger partial charge in [0.25, 0.3) is 0 Å². The van der Waals surface area contributed by atoms with E-state index in [0.29, 0.717) is 6.07 Å². The Morgan fingerprint density at radius 1 is 0.750 bits per heavy atom. The Kier molecular flexibility index (Phi) is 4.68. The third-order valence-corrected chi connectivity index (χ3v) is 3.35. The van der Waals surface area contributed by atoms with Crippen LogP contribution in [0.3, 0.4) is 0 Å². The molecule has 130 valence electrons. The number of rotatable bonds is 3. The Morgan fingerprint density at radius 3 is 1.71 bits per heavy atom. The van der Waals surface area contributed by atoms with Gasteiger partial charge in [0.15, 0.2) is 0 Å². The molecular weight excluding hydrogens is 338 g/mol. The molecule has 0 aliphatic carbocycles. The molecule has 0 N–H and O–H groups in total.